The van der Waals surface area contributed by atoms with E-state index in [-0.39, 0.29) is 10.8 Å². The van der Waals surface area contributed by atoms with Gasteiger partial charge in [-0.05, 0) is 52.8 Å². The molecule has 17 heavy (non-hydrogen) atoms. The topological polar surface area (TPSA) is 0 Å². The molecule has 0 N–H and O–H groups in total. The van der Waals surface area contributed by atoms with Crippen molar-refractivity contribution in [2.45, 2.75) is 64.7 Å². The van der Waals surface area contributed by atoms with E-state index in [1.807, 2.05) is 0 Å². The van der Waals surface area contributed by atoms with Crippen molar-refractivity contribution in [3.63, 3.8) is 0 Å². The first-order valence-corrected chi connectivity index (χ1v) is 6.99. The highest BCUT2D eigenvalue weighted by atomic mass is 35.5. The van der Waals surface area contributed by atoms with Crippen LogP contribution in [0.15, 0.2) is 12.1 Å². The summed E-state index contributed by atoms with van der Waals surface area (Å²) in [5.41, 5.74) is 4.69. The van der Waals surface area contributed by atoms with Gasteiger partial charge < -0.3 is 0 Å². The van der Waals surface area contributed by atoms with Crippen molar-refractivity contribution in [1.29, 1.82) is 0 Å². The van der Waals surface area contributed by atoms with E-state index >= 15 is 0 Å². The zero-order valence-corrected chi connectivity index (χ0v) is 12.4. The highest BCUT2D eigenvalue weighted by molar-refractivity contribution is 6.31. The van der Waals surface area contributed by atoms with Crippen LogP contribution in [0.3, 0.4) is 0 Å². The largest absolute Gasteiger partial charge is 0.0840 e. The molecule has 0 atom stereocenters. The summed E-state index contributed by atoms with van der Waals surface area (Å²) in [6.45, 7) is 11.5. The van der Waals surface area contributed by atoms with Gasteiger partial charge in [0, 0.05) is 5.02 Å². The van der Waals surface area contributed by atoms with Crippen LogP contribution in [0.1, 0.15) is 64.2 Å². The van der Waals surface area contributed by atoms with E-state index in [1.165, 1.54) is 29.5 Å². The monoisotopic (exact) mass is 250 g/mol. The quantitative estimate of drug-likeness (QED) is 0.639. The zero-order valence-electron chi connectivity index (χ0n) is 11.7. The van der Waals surface area contributed by atoms with Gasteiger partial charge in [0.25, 0.3) is 0 Å². The first kappa shape index (κ1) is 13.0. The summed E-state index contributed by atoms with van der Waals surface area (Å²) in [5, 5.41) is 0.970. The molecule has 0 amide bonds. The second kappa shape index (κ2) is 4.02. The summed E-state index contributed by atoms with van der Waals surface area (Å²) in [6.07, 6.45) is 3.53. The summed E-state index contributed by atoms with van der Waals surface area (Å²) in [6, 6.07) is 4.53. The number of hydrogen-bond donors (Lipinski definition) is 0. The summed E-state index contributed by atoms with van der Waals surface area (Å²) in [7, 11) is 0. The number of aryl methyl sites for hydroxylation is 1. The molecule has 1 aromatic rings. The standard InChI is InChI=1S/C16H23Cl/c1-6-11-9-12-14(13(17)10-11)16(4,5)8-7-15(12,2)3/h9-10H,6-8H2,1-5H3. The van der Waals surface area contributed by atoms with Crippen molar-refractivity contribution < 1.29 is 0 Å². The Bertz CT molecular complexity index is 441. The predicted molar refractivity (Wildman–Crippen MR) is 76.1 cm³/mol. The van der Waals surface area contributed by atoms with Crippen LogP contribution < -0.4 is 0 Å². The first-order valence-electron chi connectivity index (χ1n) is 6.61. The number of hydrogen-bond acceptors (Lipinski definition) is 0. The van der Waals surface area contributed by atoms with Crippen LogP contribution >= 0.6 is 11.6 Å². The van der Waals surface area contributed by atoms with Crippen LogP contribution in [0, 0.1) is 0 Å². The molecule has 0 heterocycles. The van der Waals surface area contributed by atoms with Gasteiger partial charge >= 0.3 is 0 Å². The number of rotatable bonds is 1. The fourth-order valence-electron chi connectivity index (χ4n) is 2.97. The molecule has 1 aliphatic rings. The SMILES string of the molecule is CCc1cc(Cl)c2c(c1)C(C)(C)CCC2(C)C. The lowest BCUT2D eigenvalue weighted by molar-refractivity contribution is 0.331. The Morgan fingerprint density at radius 3 is 2.24 bits per heavy atom. The maximum atomic E-state index is 6.54. The second-order valence-electron chi connectivity index (χ2n) is 6.62. The lowest BCUT2D eigenvalue weighted by atomic mass is 9.63. The smallest absolute Gasteiger partial charge is 0.0449 e. The molecule has 2 rings (SSSR count). The normalized spacial score (nSPS) is 21.1. The van der Waals surface area contributed by atoms with Crippen LogP contribution in [0.4, 0.5) is 0 Å². The molecule has 0 radical (unpaired) electrons. The Kier molecular flexibility index (Phi) is 3.06. The van der Waals surface area contributed by atoms with Crippen LogP contribution in [0.5, 0.6) is 0 Å². The highest BCUT2D eigenvalue weighted by Crippen LogP contribution is 2.48. The molecular formula is C16H23Cl. The van der Waals surface area contributed by atoms with Gasteiger partial charge in [-0.2, -0.15) is 0 Å². The summed E-state index contributed by atoms with van der Waals surface area (Å²) in [5.74, 6) is 0. The average Bonchev–Trinajstić information content (AvgIpc) is 2.23. The number of halogens is 1. The Morgan fingerprint density at radius 1 is 1.06 bits per heavy atom. The van der Waals surface area contributed by atoms with Gasteiger partial charge in [0.15, 0.2) is 0 Å². The number of fused-ring (bicyclic) bond motifs is 1. The minimum absolute atomic E-state index is 0.216. The molecular weight excluding hydrogens is 228 g/mol. The summed E-state index contributed by atoms with van der Waals surface area (Å²) in [4.78, 5) is 0. The third-order valence-electron chi connectivity index (χ3n) is 4.34. The van der Waals surface area contributed by atoms with Gasteiger partial charge in [-0.25, -0.2) is 0 Å². The molecule has 1 heteroatoms. The molecule has 1 aliphatic carbocycles. The van der Waals surface area contributed by atoms with E-state index < -0.39 is 0 Å². The molecule has 0 bridgehead atoms. The van der Waals surface area contributed by atoms with Gasteiger partial charge in [0.2, 0.25) is 0 Å². The van der Waals surface area contributed by atoms with Crippen molar-refractivity contribution >= 4 is 11.6 Å². The van der Waals surface area contributed by atoms with Crippen molar-refractivity contribution in [2.75, 3.05) is 0 Å². The molecule has 0 fully saturated rings. The molecule has 1 aromatic carbocycles. The fourth-order valence-corrected chi connectivity index (χ4v) is 3.47. The lowest BCUT2D eigenvalue weighted by Crippen LogP contribution is -2.34. The van der Waals surface area contributed by atoms with E-state index in [2.05, 4.69) is 46.8 Å². The fraction of sp³-hybridized carbons (Fsp3) is 0.625. The van der Waals surface area contributed by atoms with Gasteiger partial charge in [0.05, 0.1) is 0 Å². The molecule has 0 unspecified atom stereocenters. The molecule has 0 aliphatic heterocycles. The third-order valence-corrected chi connectivity index (χ3v) is 4.64. The Balaban J connectivity index is 2.71. The van der Waals surface area contributed by atoms with Crippen LogP contribution in [0.25, 0.3) is 0 Å². The Morgan fingerprint density at radius 2 is 1.65 bits per heavy atom. The van der Waals surface area contributed by atoms with Crippen LogP contribution in [-0.2, 0) is 17.3 Å². The van der Waals surface area contributed by atoms with E-state index in [9.17, 15) is 0 Å². The van der Waals surface area contributed by atoms with Crippen molar-refractivity contribution in [3.05, 3.63) is 33.8 Å². The average molecular weight is 251 g/mol. The van der Waals surface area contributed by atoms with Crippen molar-refractivity contribution in [2.24, 2.45) is 0 Å². The summed E-state index contributed by atoms with van der Waals surface area (Å²) < 4.78 is 0. The summed E-state index contributed by atoms with van der Waals surface area (Å²) >= 11 is 6.54. The Hall–Kier alpha value is -0.490. The maximum absolute atomic E-state index is 6.54. The van der Waals surface area contributed by atoms with Gasteiger partial charge in [0.1, 0.15) is 0 Å². The highest BCUT2D eigenvalue weighted by Gasteiger charge is 2.38. The maximum Gasteiger partial charge on any atom is 0.0449 e. The lowest BCUT2D eigenvalue weighted by Gasteiger charge is -2.42. The van der Waals surface area contributed by atoms with E-state index in [1.54, 1.807) is 0 Å². The van der Waals surface area contributed by atoms with Gasteiger partial charge in [-0.15, -0.1) is 0 Å². The van der Waals surface area contributed by atoms with Crippen LogP contribution in [-0.4, -0.2) is 0 Å². The Labute approximate surface area is 110 Å². The molecule has 94 valence electrons. The van der Waals surface area contributed by atoms with Crippen LogP contribution in [0.2, 0.25) is 5.02 Å². The molecule has 0 saturated heterocycles. The van der Waals surface area contributed by atoms with Crippen molar-refractivity contribution in [3.8, 4) is 0 Å². The molecule has 0 nitrogen and oxygen atoms in total. The molecule has 0 aromatic heterocycles. The van der Waals surface area contributed by atoms with Crippen molar-refractivity contribution in [1.82, 2.24) is 0 Å². The van der Waals surface area contributed by atoms with E-state index in [4.69, 9.17) is 11.6 Å². The zero-order chi connectivity index (χ0) is 12.8. The second-order valence-corrected chi connectivity index (χ2v) is 7.03. The van der Waals surface area contributed by atoms with E-state index in [0.717, 1.165) is 11.4 Å². The first-order chi connectivity index (χ1) is 7.78. The van der Waals surface area contributed by atoms with Gasteiger partial charge in [-0.1, -0.05) is 52.3 Å². The van der Waals surface area contributed by atoms with Gasteiger partial charge in [-0.3, -0.25) is 0 Å². The molecule has 0 saturated carbocycles. The minimum Gasteiger partial charge on any atom is -0.0840 e. The third kappa shape index (κ3) is 2.12. The van der Waals surface area contributed by atoms with E-state index in [0.29, 0.717) is 0 Å². The number of benzene rings is 1. The minimum atomic E-state index is 0.216. The molecule has 0 spiro atoms. The predicted octanol–water partition coefficient (Wildman–Crippen LogP) is 5.25.